The summed E-state index contributed by atoms with van der Waals surface area (Å²) >= 11 is 0. The molecule has 0 saturated carbocycles. The molecule has 0 aromatic carbocycles. The van der Waals surface area contributed by atoms with Gasteiger partial charge in [0.05, 0.1) is 6.42 Å². The van der Waals surface area contributed by atoms with Crippen LogP contribution in [0.2, 0.25) is 0 Å². The maximum Gasteiger partial charge on any atom is 0.326 e. The zero-order valence-electron chi connectivity index (χ0n) is 10.9. The summed E-state index contributed by atoms with van der Waals surface area (Å²) in [6.45, 7) is 1.77. The van der Waals surface area contributed by atoms with Crippen molar-refractivity contribution in [3.8, 4) is 0 Å². The van der Waals surface area contributed by atoms with Gasteiger partial charge in [-0.3, -0.25) is 4.79 Å². The van der Waals surface area contributed by atoms with Gasteiger partial charge in [0.15, 0.2) is 0 Å². The van der Waals surface area contributed by atoms with Gasteiger partial charge in [-0.15, -0.1) is 0 Å². The fourth-order valence-corrected chi connectivity index (χ4v) is 1.94. The van der Waals surface area contributed by atoms with Gasteiger partial charge in [-0.05, 0) is 33.0 Å². The van der Waals surface area contributed by atoms with Gasteiger partial charge in [-0.25, -0.2) is 9.59 Å². The lowest BCUT2D eigenvalue weighted by Crippen LogP contribution is -2.52. The summed E-state index contributed by atoms with van der Waals surface area (Å²) in [5, 5.41) is 13.8. The summed E-state index contributed by atoms with van der Waals surface area (Å²) in [7, 11) is 2.00. The van der Waals surface area contributed by atoms with Crippen LogP contribution in [0.15, 0.2) is 0 Å². The summed E-state index contributed by atoms with van der Waals surface area (Å²) in [6, 6.07) is -1.84. The maximum atomic E-state index is 11.6. The molecule has 1 aliphatic rings. The molecule has 8 heteroatoms. The highest BCUT2D eigenvalue weighted by Crippen LogP contribution is 2.07. The second-order valence-electron chi connectivity index (χ2n) is 4.76. The first-order chi connectivity index (χ1) is 8.88. The maximum absolute atomic E-state index is 11.6. The van der Waals surface area contributed by atoms with E-state index in [0.29, 0.717) is 0 Å². The van der Waals surface area contributed by atoms with E-state index in [-0.39, 0.29) is 6.04 Å². The Hall–Kier alpha value is -1.83. The highest BCUT2D eigenvalue weighted by atomic mass is 16.4. The van der Waals surface area contributed by atoms with E-state index in [4.69, 9.17) is 10.8 Å². The molecule has 3 amide bonds. The van der Waals surface area contributed by atoms with Gasteiger partial charge in [0.2, 0.25) is 5.91 Å². The molecular weight excluding hydrogens is 252 g/mol. The van der Waals surface area contributed by atoms with Gasteiger partial charge in [-0.1, -0.05) is 0 Å². The van der Waals surface area contributed by atoms with Crippen LogP contribution >= 0.6 is 0 Å². The van der Waals surface area contributed by atoms with Crippen LogP contribution in [0.1, 0.15) is 19.3 Å². The monoisotopic (exact) mass is 272 g/mol. The number of hydrogen-bond acceptors (Lipinski definition) is 4. The quantitative estimate of drug-likeness (QED) is 0.495. The number of carboxylic acids is 1. The number of aliphatic carboxylic acids is 1. The molecule has 108 valence electrons. The van der Waals surface area contributed by atoms with E-state index in [0.717, 1.165) is 25.9 Å². The van der Waals surface area contributed by atoms with E-state index in [1.54, 1.807) is 0 Å². The van der Waals surface area contributed by atoms with Crippen molar-refractivity contribution in [1.82, 2.24) is 15.5 Å². The second-order valence-corrected chi connectivity index (χ2v) is 4.76. The molecule has 0 aromatic heterocycles. The Bertz CT molecular complexity index is 353. The Balaban J connectivity index is 2.40. The average Bonchev–Trinajstić information content (AvgIpc) is 2.30. The third-order valence-corrected chi connectivity index (χ3v) is 3.06. The number of carboxylic acid groups (broad SMARTS) is 1. The molecule has 1 aliphatic heterocycles. The number of urea groups is 1. The number of rotatable bonds is 5. The Morgan fingerprint density at radius 3 is 2.42 bits per heavy atom. The number of nitrogens with two attached hydrogens (primary N) is 1. The number of hydrogen-bond donors (Lipinski definition) is 4. The molecule has 0 bridgehead atoms. The van der Waals surface area contributed by atoms with Crippen molar-refractivity contribution in [3.05, 3.63) is 0 Å². The minimum absolute atomic E-state index is 0.0271. The number of primary amides is 1. The number of likely N-dealkylation sites (tertiary alicyclic amines) is 1. The van der Waals surface area contributed by atoms with Crippen LogP contribution in [-0.4, -0.2) is 60.1 Å². The summed E-state index contributed by atoms with van der Waals surface area (Å²) in [6.07, 6.45) is 1.21. The molecule has 0 unspecified atom stereocenters. The van der Waals surface area contributed by atoms with E-state index in [9.17, 15) is 14.4 Å². The highest BCUT2D eigenvalue weighted by Gasteiger charge is 2.24. The minimum atomic E-state index is -1.29. The fourth-order valence-electron chi connectivity index (χ4n) is 1.94. The smallest absolute Gasteiger partial charge is 0.326 e. The Morgan fingerprint density at radius 1 is 1.37 bits per heavy atom. The van der Waals surface area contributed by atoms with Crippen molar-refractivity contribution in [3.63, 3.8) is 0 Å². The van der Waals surface area contributed by atoms with Gasteiger partial charge >= 0.3 is 12.0 Å². The molecule has 0 aromatic rings. The van der Waals surface area contributed by atoms with Crippen molar-refractivity contribution in [1.29, 1.82) is 0 Å². The third-order valence-electron chi connectivity index (χ3n) is 3.06. The van der Waals surface area contributed by atoms with Gasteiger partial charge in [0.1, 0.15) is 6.04 Å². The SMILES string of the molecule is CN1CCC(NC(=O)N[C@@H](CC(N)=O)C(=O)O)CC1. The van der Waals surface area contributed by atoms with Crippen LogP contribution in [0.4, 0.5) is 4.79 Å². The van der Waals surface area contributed by atoms with Crippen molar-refractivity contribution in [2.24, 2.45) is 5.73 Å². The van der Waals surface area contributed by atoms with Gasteiger partial charge in [0.25, 0.3) is 0 Å². The van der Waals surface area contributed by atoms with Crippen LogP contribution in [0.3, 0.4) is 0 Å². The van der Waals surface area contributed by atoms with Crippen molar-refractivity contribution in [2.45, 2.75) is 31.3 Å². The number of piperidine rings is 1. The molecule has 1 heterocycles. The summed E-state index contributed by atoms with van der Waals surface area (Å²) < 4.78 is 0. The molecule has 0 spiro atoms. The normalized spacial score (nSPS) is 18.6. The van der Waals surface area contributed by atoms with E-state index < -0.39 is 30.4 Å². The average molecular weight is 272 g/mol. The summed E-state index contributed by atoms with van der Waals surface area (Å²) in [4.78, 5) is 35.3. The topological polar surface area (TPSA) is 125 Å². The van der Waals surface area contributed by atoms with E-state index >= 15 is 0 Å². The molecule has 1 saturated heterocycles. The van der Waals surface area contributed by atoms with Crippen molar-refractivity contribution in [2.75, 3.05) is 20.1 Å². The lowest BCUT2D eigenvalue weighted by molar-refractivity contribution is -0.140. The lowest BCUT2D eigenvalue weighted by atomic mass is 10.1. The number of nitrogens with one attached hydrogen (secondary N) is 2. The van der Waals surface area contributed by atoms with E-state index in [2.05, 4.69) is 15.5 Å². The molecule has 1 fully saturated rings. The van der Waals surface area contributed by atoms with Gasteiger partial charge < -0.3 is 26.4 Å². The predicted octanol–water partition coefficient (Wildman–Crippen LogP) is -1.29. The number of amides is 3. The second kappa shape index (κ2) is 6.93. The van der Waals surface area contributed by atoms with Gasteiger partial charge in [0, 0.05) is 6.04 Å². The van der Waals surface area contributed by atoms with Crippen LogP contribution < -0.4 is 16.4 Å². The van der Waals surface area contributed by atoms with Crippen LogP contribution in [0.25, 0.3) is 0 Å². The van der Waals surface area contributed by atoms with Gasteiger partial charge in [-0.2, -0.15) is 0 Å². The Labute approximate surface area is 111 Å². The molecular formula is C11H20N4O4. The first-order valence-electron chi connectivity index (χ1n) is 6.15. The van der Waals surface area contributed by atoms with Crippen molar-refractivity contribution >= 4 is 17.9 Å². The highest BCUT2D eigenvalue weighted by molar-refractivity contribution is 5.87. The fraction of sp³-hybridized carbons (Fsp3) is 0.727. The van der Waals surface area contributed by atoms with Crippen LogP contribution in [-0.2, 0) is 9.59 Å². The summed E-state index contributed by atoms with van der Waals surface area (Å²) in [5.74, 6) is -2.05. The zero-order chi connectivity index (χ0) is 14.4. The lowest BCUT2D eigenvalue weighted by Gasteiger charge is -2.29. The van der Waals surface area contributed by atoms with Crippen LogP contribution in [0, 0.1) is 0 Å². The van der Waals surface area contributed by atoms with E-state index in [1.165, 1.54) is 0 Å². The number of nitrogens with zero attached hydrogens (tertiary/aromatic N) is 1. The summed E-state index contributed by atoms with van der Waals surface area (Å²) in [5.41, 5.74) is 4.93. The number of carbonyl (C=O) groups excluding carboxylic acids is 2. The molecule has 0 aliphatic carbocycles. The minimum Gasteiger partial charge on any atom is -0.480 e. The molecule has 0 radical (unpaired) electrons. The molecule has 5 N–H and O–H groups in total. The molecule has 19 heavy (non-hydrogen) atoms. The van der Waals surface area contributed by atoms with E-state index in [1.807, 2.05) is 7.05 Å². The number of carbonyl (C=O) groups is 3. The standard InChI is InChI=1S/C11H20N4O4/c1-15-4-2-7(3-5-15)13-11(19)14-8(10(17)18)6-9(12)16/h7-8H,2-6H2,1H3,(H2,12,16)(H,17,18)(H2,13,14,19)/t8-/m0/s1. The zero-order valence-corrected chi connectivity index (χ0v) is 10.9. The molecule has 1 rings (SSSR count). The predicted molar refractivity (Wildman–Crippen MR) is 67.4 cm³/mol. The van der Waals surface area contributed by atoms with Crippen LogP contribution in [0.5, 0.6) is 0 Å². The first-order valence-corrected chi connectivity index (χ1v) is 6.15. The molecule has 1 atom stereocenters. The third kappa shape index (κ3) is 5.56. The Morgan fingerprint density at radius 2 is 1.95 bits per heavy atom. The first kappa shape index (κ1) is 15.2. The Kier molecular flexibility index (Phi) is 5.56. The molecule has 8 nitrogen and oxygen atoms in total. The largest absolute Gasteiger partial charge is 0.480 e. The van der Waals surface area contributed by atoms with Crippen molar-refractivity contribution < 1.29 is 19.5 Å².